The molecule has 0 bridgehead atoms. The summed E-state index contributed by atoms with van der Waals surface area (Å²) >= 11 is 0. The van der Waals surface area contributed by atoms with Crippen LogP contribution < -0.4 is 5.32 Å². The number of rotatable bonds is 7. The molecule has 2 unspecified atom stereocenters. The molecule has 2 nitrogen and oxygen atoms in total. The normalized spacial score (nSPS) is 20.3. The van der Waals surface area contributed by atoms with E-state index in [0.29, 0.717) is 12.0 Å². The van der Waals surface area contributed by atoms with Gasteiger partial charge < -0.3 is 10.1 Å². The van der Waals surface area contributed by atoms with Crippen LogP contribution in [0.25, 0.3) is 0 Å². The molecule has 0 heterocycles. The molecule has 0 aromatic rings. The van der Waals surface area contributed by atoms with Crippen LogP contribution in [0.15, 0.2) is 11.6 Å². The van der Waals surface area contributed by atoms with Crippen LogP contribution in [-0.4, -0.2) is 26.3 Å². The van der Waals surface area contributed by atoms with Gasteiger partial charge in [-0.25, -0.2) is 0 Å². The van der Waals surface area contributed by atoms with E-state index in [4.69, 9.17) is 4.74 Å². The Bertz CT molecular complexity index is 213. The average molecular weight is 225 g/mol. The molecule has 0 saturated heterocycles. The van der Waals surface area contributed by atoms with Gasteiger partial charge in [0.15, 0.2) is 0 Å². The first-order valence-corrected chi connectivity index (χ1v) is 6.69. The van der Waals surface area contributed by atoms with E-state index in [9.17, 15) is 0 Å². The fraction of sp³-hybridized carbons (Fsp3) is 0.857. The molecule has 2 atom stereocenters. The van der Waals surface area contributed by atoms with Gasteiger partial charge in [-0.15, -0.1) is 0 Å². The highest BCUT2D eigenvalue weighted by Gasteiger charge is 2.17. The van der Waals surface area contributed by atoms with E-state index >= 15 is 0 Å². The van der Waals surface area contributed by atoms with E-state index in [2.05, 4.69) is 25.2 Å². The quantitative estimate of drug-likeness (QED) is 0.672. The van der Waals surface area contributed by atoms with E-state index in [1.807, 2.05) is 0 Å². The summed E-state index contributed by atoms with van der Waals surface area (Å²) < 4.78 is 5.22. The van der Waals surface area contributed by atoms with Crippen LogP contribution in [0.4, 0.5) is 0 Å². The van der Waals surface area contributed by atoms with Crippen molar-refractivity contribution in [2.75, 3.05) is 20.3 Å². The van der Waals surface area contributed by atoms with Gasteiger partial charge in [-0.1, -0.05) is 25.5 Å². The number of hydrogen-bond donors (Lipinski definition) is 1. The van der Waals surface area contributed by atoms with Gasteiger partial charge in [0.2, 0.25) is 0 Å². The molecular weight excluding hydrogens is 198 g/mol. The zero-order valence-electron chi connectivity index (χ0n) is 11.1. The Labute approximate surface area is 100 Å². The van der Waals surface area contributed by atoms with Crippen LogP contribution in [0.3, 0.4) is 0 Å². The van der Waals surface area contributed by atoms with Gasteiger partial charge in [-0.05, 0) is 44.6 Å². The standard InChI is InChI=1S/C14H27NO/c1-4-15-14(10-12(2)11-16-3)13-8-6-5-7-9-13/h8,12,14-15H,4-7,9-11H2,1-3H3. The zero-order valence-corrected chi connectivity index (χ0v) is 11.1. The number of likely N-dealkylation sites (N-methyl/N-ethyl adjacent to an activating group) is 1. The second-order valence-electron chi connectivity index (χ2n) is 4.93. The SMILES string of the molecule is CCNC(CC(C)COC)C1=CCCCC1. The van der Waals surface area contributed by atoms with Crippen molar-refractivity contribution in [3.63, 3.8) is 0 Å². The molecule has 1 N–H and O–H groups in total. The molecule has 94 valence electrons. The monoisotopic (exact) mass is 225 g/mol. The number of ether oxygens (including phenoxy) is 1. The Morgan fingerprint density at radius 1 is 1.44 bits per heavy atom. The smallest absolute Gasteiger partial charge is 0.0488 e. The minimum absolute atomic E-state index is 0.579. The molecule has 2 heteroatoms. The first kappa shape index (κ1) is 13.7. The molecule has 1 aliphatic rings. The molecular formula is C14H27NO. The molecule has 0 amide bonds. The average Bonchev–Trinajstić information content (AvgIpc) is 2.30. The summed E-state index contributed by atoms with van der Waals surface area (Å²) in [5.41, 5.74) is 1.64. The Kier molecular flexibility index (Phi) is 6.74. The summed E-state index contributed by atoms with van der Waals surface area (Å²) in [7, 11) is 1.79. The highest BCUT2D eigenvalue weighted by molar-refractivity contribution is 5.13. The Morgan fingerprint density at radius 2 is 2.25 bits per heavy atom. The van der Waals surface area contributed by atoms with Gasteiger partial charge in [-0.2, -0.15) is 0 Å². The second kappa shape index (κ2) is 7.86. The van der Waals surface area contributed by atoms with Crippen molar-refractivity contribution in [2.24, 2.45) is 5.92 Å². The molecule has 16 heavy (non-hydrogen) atoms. The van der Waals surface area contributed by atoms with Crippen LogP contribution in [0.1, 0.15) is 46.0 Å². The van der Waals surface area contributed by atoms with E-state index in [-0.39, 0.29) is 0 Å². The molecule has 0 radical (unpaired) electrons. The van der Waals surface area contributed by atoms with Gasteiger partial charge in [0.1, 0.15) is 0 Å². The fourth-order valence-electron chi connectivity index (χ4n) is 2.55. The molecule has 0 spiro atoms. The third-order valence-electron chi connectivity index (χ3n) is 3.31. The third-order valence-corrected chi connectivity index (χ3v) is 3.31. The fourth-order valence-corrected chi connectivity index (χ4v) is 2.55. The molecule has 0 fully saturated rings. The highest BCUT2D eigenvalue weighted by Crippen LogP contribution is 2.23. The second-order valence-corrected chi connectivity index (χ2v) is 4.93. The molecule has 1 rings (SSSR count). The largest absolute Gasteiger partial charge is 0.384 e. The lowest BCUT2D eigenvalue weighted by molar-refractivity contribution is 0.151. The predicted molar refractivity (Wildman–Crippen MR) is 69.7 cm³/mol. The van der Waals surface area contributed by atoms with Gasteiger partial charge in [0, 0.05) is 19.8 Å². The summed E-state index contributed by atoms with van der Waals surface area (Å²) in [6.07, 6.45) is 8.96. The summed E-state index contributed by atoms with van der Waals surface area (Å²) in [5.74, 6) is 0.636. The minimum Gasteiger partial charge on any atom is -0.384 e. The van der Waals surface area contributed by atoms with E-state index < -0.39 is 0 Å². The van der Waals surface area contributed by atoms with Gasteiger partial charge in [0.25, 0.3) is 0 Å². The molecule has 0 aromatic carbocycles. The molecule has 1 aliphatic carbocycles. The van der Waals surface area contributed by atoms with Gasteiger partial charge >= 0.3 is 0 Å². The van der Waals surface area contributed by atoms with E-state index in [1.54, 1.807) is 12.7 Å². The zero-order chi connectivity index (χ0) is 11.8. The summed E-state index contributed by atoms with van der Waals surface area (Å²) in [6.45, 7) is 6.39. The molecule has 0 saturated carbocycles. The van der Waals surface area contributed by atoms with Crippen LogP contribution in [0.5, 0.6) is 0 Å². The predicted octanol–water partition coefficient (Wildman–Crippen LogP) is 3.14. The first-order chi connectivity index (χ1) is 7.77. The maximum atomic E-state index is 5.22. The number of nitrogens with one attached hydrogen (secondary N) is 1. The highest BCUT2D eigenvalue weighted by atomic mass is 16.5. The van der Waals surface area contributed by atoms with Crippen molar-refractivity contribution >= 4 is 0 Å². The van der Waals surface area contributed by atoms with E-state index in [1.165, 1.54) is 32.1 Å². The Hall–Kier alpha value is -0.340. The van der Waals surface area contributed by atoms with Crippen molar-refractivity contribution in [1.29, 1.82) is 0 Å². The molecule has 0 aromatic heterocycles. The molecule has 0 aliphatic heterocycles. The summed E-state index contributed by atoms with van der Waals surface area (Å²) in [4.78, 5) is 0. The number of allylic oxidation sites excluding steroid dienone is 1. The maximum absolute atomic E-state index is 5.22. The Morgan fingerprint density at radius 3 is 2.81 bits per heavy atom. The maximum Gasteiger partial charge on any atom is 0.0488 e. The first-order valence-electron chi connectivity index (χ1n) is 6.69. The summed E-state index contributed by atoms with van der Waals surface area (Å²) in [6, 6.07) is 0.579. The van der Waals surface area contributed by atoms with Crippen LogP contribution >= 0.6 is 0 Å². The van der Waals surface area contributed by atoms with Crippen molar-refractivity contribution < 1.29 is 4.74 Å². The Balaban J connectivity index is 2.48. The van der Waals surface area contributed by atoms with Crippen LogP contribution in [0, 0.1) is 5.92 Å². The van der Waals surface area contributed by atoms with Crippen molar-refractivity contribution in [2.45, 2.75) is 52.0 Å². The van der Waals surface area contributed by atoms with Crippen LogP contribution in [0.2, 0.25) is 0 Å². The van der Waals surface area contributed by atoms with E-state index in [0.717, 1.165) is 13.2 Å². The van der Waals surface area contributed by atoms with Crippen molar-refractivity contribution in [3.8, 4) is 0 Å². The lowest BCUT2D eigenvalue weighted by Crippen LogP contribution is -2.33. The lowest BCUT2D eigenvalue weighted by Gasteiger charge is -2.26. The minimum atomic E-state index is 0.579. The van der Waals surface area contributed by atoms with Crippen molar-refractivity contribution in [3.05, 3.63) is 11.6 Å². The van der Waals surface area contributed by atoms with Crippen molar-refractivity contribution in [1.82, 2.24) is 5.32 Å². The number of methoxy groups -OCH3 is 1. The third kappa shape index (κ3) is 4.67. The van der Waals surface area contributed by atoms with Crippen LogP contribution in [-0.2, 0) is 4.74 Å². The van der Waals surface area contributed by atoms with Gasteiger partial charge in [0.05, 0.1) is 0 Å². The lowest BCUT2D eigenvalue weighted by atomic mass is 9.89. The van der Waals surface area contributed by atoms with Gasteiger partial charge in [-0.3, -0.25) is 0 Å². The topological polar surface area (TPSA) is 21.3 Å². The summed E-state index contributed by atoms with van der Waals surface area (Å²) in [5, 5.41) is 3.62. The number of hydrogen-bond acceptors (Lipinski definition) is 2.